The number of carbonyl (C=O) groups is 1. The summed E-state index contributed by atoms with van der Waals surface area (Å²) in [5.74, 6) is -0.364. The van der Waals surface area contributed by atoms with Gasteiger partial charge in [0.15, 0.2) is 0 Å². The third-order valence-corrected chi connectivity index (χ3v) is 4.96. The summed E-state index contributed by atoms with van der Waals surface area (Å²) >= 11 is 0. The molecule has 0 radical (unpaired) electrons. The summed E-state index contributed by atoms with van der Waals surface area (Å²) in [5, 5.41) is 5.19. The van der Waals surface area contributed by atoms with Crippen molar-refractivity contribution in [1.29, 1.82) is 0 Å². The summed E-state index contributed by atoms with van der Waals surface area (Å²) in [6.07, 6.45) is 4.73. The van der Waals surface area contributed by atoms with E-state index in [2.05, 4.69) is 15.1 Å². The number of benzene rings is 3. The van der Waals surface area contributed by atoms with Crippen molar-refractivity contribution in [3.63, 3.8) is 0 Å². The van der Waals surface area contributed by atoms with E-state index in [1.807, 2.05) is 60.8 Å². The molecule has 150 valence electrons. The van der Waals surface area contributed by atoms with Crippen LogP contribution in [0.15, 0.2) is 90.2 Å². The van der Waals surface area contributed by atoms with E-state index in [0.29, 0.717) is 19.4 Å². The normalized spacial score (nSPS) is 11.2. The number of fused-ring (bicyclic) bond motifs is 1. The minimum atomic E-state index is -0.244. The van der Waals surface area contributed by atoms with E-state index in [1.165, 1.54) is 12.1 Å². The second kappa shape index (κ2) is 9.18. The number of aryl methyl sites for hydroxylation is 1. The van der Waals surface area contributed by atoms with E-state index in [1.54, 1.807) is 18.3 Å². The molecular weight excluding hydrogens is 377 g/mol. The first-order chi connectivity index (χ1) is 14.7. The number of para-hydroxylation sites is 1. The Morgan fingerprint density at radius 3 is 2.47 bits per heavy atom. The largest absolute Gasteiger partial charge is 0.342 e. The van der Waals surface area contributed by atoms with E-state index >= 15 is 0 Å². The van der Waals surface area contributed by atoms with Crippen LogP contribution >= 0.6 is 0 Å². The Morgan fingerprint density at radius 1 is 0.933 bits per heavy atom. The molecular formula is C25H22FN3O. The number of halogens is 1. The van der Waals surface area contributed by atoms with Gasteiger partial charge in [-0.3, -0.25) is 4.79 Å². The highest BCUT2D eigenvalue weighted by Gasteiger charge is 2.08. The van der Waals surface area contributed by atoms with E-state index in [0.717, 1.165) is 27.6 Å². The van der Waals surface area contributed by atoms with Crippen molar-refractivity contribution in [3.8, 4) is 0 Å². The van der Waals surface area contributed by atoms with Gasteiger partial charge in [-0.15, -0.1) is 0 Å². The minimum absolute atomic E-state index is 0.120. The molecule has 1 aromatic heterocycles. The van der Waals surface area contributed by atoms with Crippen molar-refractivity contribution in [2.24, 2.45) is 5.10 Å². The molecule has 1 N–H and O–H groups in total. The van der Waals surface area contributed by atoms with Gasteiger partial charge in [-0.1, -0.05) is 60.7 Å². The molecule has 0 bridgehead atoms. The summed E-state index contributed by atoms with van der Waals surface area (Å²) in [5.41, 5.74) is 6.71. The maximum Gasteiger partial charge on any atom is 0.240 e. The van der Waals surface area contributed by atoms with Gasteiger partial charge in [-0.2, -0.15) is 5.10 Å². The zero-order valence-corrected chi connectivity index (χ0v) is 16.5. The standard InChI is InChI=1S/C25H22FN3O/c26-22-13-10-20(11-14-22)17-29-18-21(23-8-4-5-9-24(23)29)16-27-28-25(30)15-12-19-6-2-1-3-7-19/h1-11,13-14,16,18H,12,15,17H2,(H,28,30)/b27-16-. The number of hydrazone groups is 1. The van der Waals surface area contributed by atoms with Crippen LogP contribution < -0.4 is 5.43 Å². The maximum atomic E-state index is 13.2. The molecule has 5 heteroatoms. The monoisotopic (exact) mass is 399 g/mol. The molecule has 4 rings (SSSR count). The zero-order valence-electron chi connectivity index (χ0n) is 16.5. The van der Waals surface area contributed by atoms with Crippen molar-refractivity contribution < 1.29 is 9.18 Å². The second-order valence-corrected chi connectivity index (χ2v) is 7.13. The molecule has 0 spiro atoms. The van der Waals surface area contributed by atoms with Crippen LogP contribution in [0.5, 0.6) is 0 Å². The second-order valence-electron chi connectivity index (χ2n) is 7.13. The first-order valence-corrected chi connectivity index (χ1v) is 9.87. The molecule has 1 heterocycles. The van der Waals surface area contributed by atoms with Gasteiger partial charge in [0, 0.05) is 35.6 Å². The maximum absolute atomic E-state index is 13.2. The fourth-order valence-electron chi connectivity index (χ4n) is 3.43. The van der Waals surface area contributed by atoms with Crippen molar-refractivity contribution in [3.05, 3.63) is 108 Å². The fourth-order valence-corrected chi connectivity index (χ4v) is 3.43. The molecule has 0 saturated carbocycles. The minimum Gasteiger partial charge on any atom is -0.342 e. The van der Waals surface area contributed by atoms with Gasteiger partial charge in [0.1, 0.15) is 5.82 Å². The van der Waals surface area contributed by atoms with Crippen LogP contribution in [-0.2, 0) is 17.8 Å². The molecule has 4 nitrogen and oxygen atoms in total. The van der Waals surface area contributed by atoms with Crippen molar-refractivity contribution in [2.45, 2.75) is 19.4 Å². The Bertz CT molecular complexity index is 1160. The molecule has 4 aromatic rings. The van der Waals surface area contributed by atoms with Gasteiger partial charge in [0.05, 0.1) is 6.21 Å². The molecule has 0 atom stereocenters. The van der Waals surface area contributed by atoms with Crippen LogP contribution in [0, 0.1) is 5.82 Å². The zero-order chi connectivity index (χ0) is 20.8. The van der Waals surface area contributed by atoms with Gasteiger partial charge < -0.3 is 4.57 Å². The number of aromatic nitrogens is 1. The van der Waals surface area contributed by atoms with Crippen molar-refractivity contribution in [2.75, 3.05) is 0 Å². The Kier molecular flexibility index (Phi) is 5.99. The summed E-state index contributed by atoms with van der Waals surface area (Å²) in [6.45, 7) is 0.623. The molecule has 1 amide bonds. The highest BCUT2D eigenvalue weighted by Crippen LogP contribution is 2.21. The lowest BCUT2D eigenvalue weighted by Crippen LogP contribution is -2.17. The highest BCUT2D eigenvalue weighted by atomic mass is 19.1. The van der Waals surface area contributed by atoms with Crippen LogP contribution in [0.4, 0.5) is 4.39 Å². The summed E-state index contributed by atoms with van der Waals surface area (Å²) in [7, 11) is 0. The lowest BCUT2D eigenvalue weighted by Gasteiger charge is -2.05. The number of hydrogen-bond acceptors (Lipinski definition) is 2. The number of nitrogens with one attached hydrogen (secondary N) is 1. The highest BCUT2D eigenvalue weighted by molar-refractivity contribution is 5.99. The predicted molar refractivity (Wildman–Crippen MR) is 118 cm³/mol. The van der Waals surface area contributed by atoms with Crippen LogP contribution in [0.25, 0.3) is 10.9 Å². The summed E-state index contributed by atoms with van der Waals surface area (Å²) in [6, 6.07) is 24.4. The molecule has 0 aliphatic carbocycles. The topological polar surface area (TPSA) is 46.4 Å². The average molecular weight is 399 g/mol. The van der Waals surface area contributed by atoms with E-state index in [4.69, 9.17) is 0 Å². The van der Waals surface area contributed by atoms with Gasteiger partial charge in [0.2, 0.25) is 5.91 Å². The molecule has 0 aliphatic rings. The number of nitrogens with zero attached hydrogens (tertiary/aromatic N) is 2. The molecule has 0 aliphatic heterocycles. The van der Waals surface area contributed by atoms with Gasteiger partial charge in [-0.25, -0.2) is 9.82 Å². The third kappa shape index (κ3) is 4.81. The summed E-state index contributed by atoms with van der Waals surface area (Å²) in [4.78, 5) is 12.1. The Hall–Kier alpha value is -3.73. The lowest BCUT2D eigenvalue weighted by molar-refractivity contribution is -0.121. The van der Waals surface area contributed by atoms with Gasteiger partial charge >= 0.3 is 0 Å². The lowest BCUT2D eigenvalue weighted by atomic mass is 10.1. The van der Waals surface area contributed by atoms with Crippen molar-refractivity contribution in [1.82, 2.24) is 9.99 Å². The number of carbonyl (C=O) groups excluding carboxylic acids is 1. The molecule has 3 aromatic carbocycles. The smallest absolute Gasteiger partial charge is 0.240 e. The van der Waals surface area contributed by atoms with Crippen LogP contribution in [0.1, 0.15) is 23.1 Å². The Morgan fingerprint density at radius 2 is 1.67 bits per heavy atom. The molecule has 0 unspecified atom stereocenters. The van der Waals surface area contributed by atoms with Crippen LogP contribution in [-0.4, -0.2) is 16.7 Å². The predicted octanol–water partition coefficient (Wildman–Crippen LogP) is 4.91. The SMILES string of the molecule is O=C(CCc1ccccc1)N/N=C\c1cn(Cc2ccc(F)cc2)c2ccccc12. The number of rotatable bonds is 7. The Labute approximate surface area is 174 Å². The van der Waals surface area contributed by atoms with E-state index in [-0.39, 0.29) is 11.7 Å². The fraction of sp³-hybridized carbons (Fsp3) is 0.120. The third-order valence-electron chi connectivity index (χ3n) is 4.96. The number of amides is 1. The molecule has 0 saturated heterocycles. The quantitative estimate of drug-likeness (QED) is 0.348. The van der Waals surface area contributed by atoms with Crippen LogP contribution in [0.3, 0.4) is 0 Å². The van der Waals surface area contributed by atoms with Gasteiger partial charge in [0.25, 0.3) is 0 Å². The number of hydrogen-bond donors (Lipinski definition) is 1. The molecule has 0 fully saturated rings. The molecule has 30 heavy (non-hydrogen) atoms. The van der Waals surface area contributed by atoms with Crippen LogP contribution in [0.2, 0.25) is 0 Å². The van der Waals surface area contributed by atoms with Crippen molar-refractivity contribution >= 4 is 23.0 Å². The Balaban J connectivity index is 1.44. The van der Waals surface area contributed by atoms with Gasteiger partial charge in [-0.05, 0) is 35.7 Å². The first kappa shape index (κ1) is 19.6. The van der Waals surface area contributed by atoms with E-state index < -0.39 is 0 Å². The summed E-state index contributed by atoms with van der Waals surface area (Å²) < 4.78 is 15.3. The van der Waals surface area contributed by atoms with E-state index in [9.17, 15) is 9.18 Å². The first-order valence-electron chi connectivity index (χ1n) is 9.87. The average Bonchev–Trinajstić information content (AvgIpc) is 3.12.